The van der Waals surface area contributed by atoms with Crippen molar-refractivity contribution < 1.29 is 24.1 Å². The second kappa shape index (κ2) is 14.4. The maximum Gasteiger partial charge on any atom is 0.266 e. The quantitative estimate of drug-likeness (QED) is 0.0947. The number of ether oxygens (including phenoxy) is 3. The van der Waals surface area contributed by atoms with Gasteiger partial charge < -0.3 is 24.6 Å². The van der Waals surface area contributed by atoms with E-state index in [1.165, 1.54) is 18.2 Å². The lowest BCUT2D eigenvalue weighted by Gasteiger charge is -2.15. The fraction of sp³-hybridized carbons (Fsp3) is 0.125. The first kappa shape index (κ1) is 29.7. The van der Waals surface area contributed by atoms with Crippen LogP contribution in [-0.4, -0.2) is 17.6 Å². The SMILES string of the molecule is CCOc1cc(COc2c(Br)cc(/C=C(\C#N)C(=O)Nc3ccc(O)cc3)cc2Br)ccc1OCc1ccccc1. The Hall–Kier alpha value is -4.26. The summed E-state index contributed by atoms with van der Waals surface area (Å²) < 4.78 is 19.2. The summed E-state index contributed by atoms with van der Waals surface area (Å²) >= 11 is 7.08. The van der Waals surface area contributed by atoms with E-state index in [0.29, 0.717) is 50.7 Å². The van der Waals surface area contributed by atoms with Crippen LogP contribution in [0.5, 0.6) is 23.0 Å². The monoisotopic (exact) mass is 676 g/mol. The van der Waals surface area contributed by atoms with Crippen LogP contribution in [0.3, 0.4) is 0 Å². The third-order valence-electron chi connectivity index (χ3n) is 5.75. The summed E-state index contributed by atoms with van der Waals surface area (Å²) in [5.74, 6) is 1.37. The van der Waals surface area contributed by atoms with E-state index in [1.807, 2.05) is 61.5 Å². The number of nitriles is 1. The van der Waals surface area contributed by atoms with Crippen molar-refractivity contribution in [3.8, 4) is 29.1 Å². The molecule has 9 heteroatoms. The number of halogens is 2. The Labute approximate surface area is 255 Å². The van der Waals surface area contributed by atoms with Crippen LogP contribution in [-0.2, 0) is 18.0 Å². The third kappa shape index (κ3) is 8.37. The number of nitrogens with zero attached hydrogens (tertiary/aromatic N) is 1. The average molecular weight is 678 g/mol. The molecule has 0 bridgehead atoms. The van der Waals surface area contributed by atoms with Crippen LogP contribution in [0.4, 0.5) is 5.69 Å². The van der Waals surface area contributed by atoms with Crippen LogP contribution >= 0.6 is 31.9 Å². The lowest BCUT2D eigenvalue weighted by Crippen LogP contribution is -2.13. The van der Waals surface area contributed by atoms with Gasteiger partial charge in [-0.05, 0) is 110 Å². The van der Waals surface area contributed by atoms with Crippen LogP contribution in [0.1, 0.15) is 23.6 Å². The Bertz CT molecular complexity index is 1560. The van der Waals surface area contributed by atoms with Gasteiger partial charge in [-0.2, -0.15) is 5.26 Å². The van der Waals surface area contributed by atoms with Crippen molar-refractivity contribution in [3.05, 3.63) is 116 Å². The highest BCUT2D eigenvalue weighted by Crippen LogP contribution is 2.37. The number of benzene rings is 4. The highest BCUT2D eigenvalue weighted by Gasteiger charge is 2.14. The van der Waals surface area contributed by atoms with E-state index in [4.69, 9.17) is 14.2 Å². The number of amides is 1. The zero-order valence-corrected chi connectivity index (χ0v) is 25.2. The second-order valence-electron chi connectivity index (χ2n) is 8.76. The second-order valence-corrected chi connectivity index (χ2v) is 10.5. The van der Waals surface area contributed by atoms with Crippen molar-refractivity contribution in [1.29, 1.82) is 5.26 Å². The smallest absolute Gasteiger partial charge is 0.266 e. The Balaban J connectivity index is 1.44. The minimum absolute atomic E-state index is 0.0793. The molecule has 0 aromatic heterocycles. The van der Waals surface area contributed by atoms with E-state index < -0.39 is 5.91 Å². The highest BCUT2D eigenvalue weighted by molar-refractivity contribution is 9.11. The van der Waals surface area contributed by atoms with E-state index in [0.717, 1.165) is 11.1 Å². The van der Waals surface area contributed by atoms with Crippen molar-refractivity contribution in [2.24, 2.45) is 0 Å². The number of phenols is 1. The van der Waals surface area contributed by atoms with Crippen LogP contribution in [0.15, 0.2) is 99.4 Å². The number of hydrogen-bond donors (Lipinski definition) is 2. The first-order valence-corrected chi connectivity index (χ1v) is 14.2. The molecule has 0 atom stereocenters. The van der Waals surface area contributed by atoms with E-state index in [2.05, 4.69) is 37.2 Å². The van der Waals surface area contributed by atoms with E-state index in [9.17, 15) is 15.2 Å². The first-order valence-electron chi connectivity index (χ1n) is 12.6. The molecule has 4 rings (SSSR count). The van der Waals surface area contributed by atoms with Gasteiger partial charge in [-0.3, -0.25) is 4.79 Å². The lowest BCUT2D eigenvalue weighted by molar-refractivity contribution is -0.112. The Morgan fingerprint density at radius 1 is 0.878 bits per heavy atom. The van der Waals surface area contributed by atoms with Crippen molar-refractivity contribution in [2.45, 2.75) is 20.1 Å². The molecule has 0 aliphatic heterocycles. The van der Waals surface area contributed by atoms with Crippen molar-refractivity contribution >= 4 is 49.5 Å². The number of aromatic hydroxyl groups is 1. The number of phenolic OH excluding ortho intramolecular Hbond substituents is 1. The molecule has 0 aliphatic rings. The summed E-state index contributed by atoms with van der Waals surface area (Å²) in [6, 6.07) is 27.1. The lowest BCUT2D eigenvalue weighted by atomic mass is 10.1. The van der Waals surface area contributed by atoms with Gasteiger partial charge in [0.2, 0.25) is 0 Å². The minimum Gasteiger partial charge on any atom is -0.508 e. The molecule has 0 fully saturated rings. The minimum atomic E-state index is -0.563. The van der Waals surface area contributed by atoms with Gasteiger partial charge in [-0.15, -0.1) is 0 Å². The van der Waals surface area contributed by atoms with Gasteiger partial charge in [0, 0.05) is 5.69 Å². The predicted octanol–water partition coefficient (Wildman–Crippen LogP) is 8.02. The Morgan fingerprint density at radius 2 is 1.56 bits per heavy atom. The summed E-state index contributed by atoms with van der Waals surface area (Å²) in [7, 11) is 0. The van der Waals surface area contributed by atoms with Crippen LogP contribution in [0.2, 0.25) is 0 Å². The number of nitrogens with one attached hydrogen (secondary N) is 1. The zero-order valence-electron chi connectivity index (χ0n) is 22.1. The number of carbonyl (C=O) groups is 1. The molecule has 0 saturated carbocycles. The van der Waals surface area contributed by atoms with E-state index in [1.54, 1.807) is 24.3 Å². The average Bonchev–Trinajstić information content (AvgIpc) is 2.97. The molecule has 41 heavy (non-hydrogen) atoms. The predicted molar refractivity (Wildman–Crippen MR) is 165 cm³/mol. The molecule has 0 saturated heterocycles. The van der Waals surface area contributed by atoms with Gasteiger partial charge in [-0.25, -0.2) is 0 Å². The molecule has 4 aromatic carbocycles. The Morgan fingerprint density at radius 3 is 2.22 bits per heavy atom. The van der Waals surface area contributed by atoms with Gasteiger partial charge in [0.15, 0.2) is 11.5 Å². The van der Waals surface area contributed by atoms with Crippen molar-refractivity contribution in [2.75, 3.05) is 11.9 Å². The van der Waals surface area contributed by atoms with Gasteiger partial charge in [-0.1, -0.05) is 36.4 Å². The van der Waals surface area contributed by atoms with E-state index in [-0.39, 0.29) is 17.9 Å². The van der Waals surface area contributed by atoms with Crippen LogP contribution in [0, 0.1) is 11.3 Å². The first-order chi connectivity index (χ1) is 19.9. The highest BCUT2D eigenvalue weighted by atomic mass is 79.9. The fourth-order valence-electron chi connectivity index (χ4n) is 3.78. The number of carbonyl (C=O) groups excluding carboxylic acids is 1. The standard InChI is InChI=1S/C32H26Br2N2O5/c1-2-39-30-17-22(8-13-29(30)40-19-21-6-4-3-5-7-21)20-41-31-27(33)15-23(16-28(31)34)14-24(18-35)32(38)36-25-9-11-26(37)12-10-25/h3-17,37H,2,19-20H2,1H3,(H,36,38)/b24-14+. The van der Waals surface area contributed by atoms with Gasteiger partial charge in [0.05, 0.1) is 15.6 Å². The number of anilines is 1. The maximum absolute atomic E-state index is 12.6. The van der Waals surface area contributed by atoms with Gasteiger partial charge >= 0.3 is 0 Å². The summed E-state index contributed by atoms with van der Waals surface area (Å²) in [6.07, 6.45) is 1.48. The normalized spacial score (nSPS) is 10.9. The topological polar surface area (TPSA) is 101 Å². The van der Waals surface area contributed by atoms with Crippen LogP contribution < -0.4 is 19.5 Å². The molecule has 208 valence electrons. The van der Waals surface area contributed by atoms with Crippen LogP contribution in [0.25, 0.3) is 6.08 Å². The maximum atomic E-state index is 12.6. The fourth-order valence-corrected chi connectivity index (χ4v) is 5.23. The molecule has 1 amide bonds. The molecule has 7 nitrogen and oxygen atoms in total. The van der Waals surface area contributed by atoms with E-state index >= 15 is 0 Å². The molecular weight excluding hydrogens is 652 g/mol. The Kier molecular flexibility index (Phi) is 10.4. The summed E-state index contributed by atoms with van der Waals surface area (Å²) in [6.45, 7) is 3.12. The third-order valence-corrected chi connectivity index (χ3v) is 6.93. The molecule has 0 aliphatic carbocycles. The number of rotatable bonds is 11. The van der Waals surface area contributed by atoms with Gasteiger partial charge in [0.25, 0.3) is 5.91 Å². The van der Waals surface area contributed by atoms with Crippen molar-refractivity contribution in [1.82, 2.24) is 0 Å². The summed E-state index contributed by atoms with van der Waals surface area (Å²) in [5, 5.41) is 21.6. The van der Waals surface area contributed by atoms with Gasteiger partial charge in [0.1, 0.15) is 36.4 Å². The molecule has 2 N–H and O–H groups in total. The summed E-state index contributed by atoms with van der Waals surface area (Å²) in [4.78, 5) is 12.6. The molecule has 4 aromatic rings. The zero-order chi connectivity index (χ0) is 29.2. The molecule has 0 heterocycles. The molecule has 0 radical (unpaired) electrons. The largest absolute Gasteiger partial charge is 0.508 e. The summed E-state index contributed by atoms with van der Waals surface area (Å²) in [5.41, 5.74) is 2.95. The molecular formula is C32H26Br2N2O5. The molecule has 0 unspecified atom stereocenters. The van der Waals surface area contributed by atoms with Crippen molar-refractivity contribution in [3.63, 3.8) is 0 Å². The number of hydrogen-bond acceptors (Lipinski definition) is 6. The molecule has 0 spiro atoms.